The van der Waals surface area contributed by atoms with Gasteiger partial charge in [-0.2, -0.15) is 0 Å². The third kappa shape index (κ3) is 6.86. The lowest BCUT2D eigenvalue weighted by Crippen LogP contribution is -2.66. The Balaban J connectivity index is 1.61. The molecule has 0 aromatic heterocycles. The number of methoxy groups -OCH3 is 1. The average molecular weight is 605 g/mol. The van der Waals surface area contributed by atoms with E-state index in [-0.39, 0.29) is 65.1 Å². The van der Waals surface area contributed by atoms with Crippen molar-refractivity contribution in [2.75, 3.05) is 13.7 Å². The van der Waals surface area contributed by atoms with Crippen molar-refractivity contribution >= 4 is 18.2 Å². The molecule has 0 unspecified atom stereocenters. The second kappa shape index (κ2) is 13.0. The summed E-state index contributed by atoms with van der Waals surface area (Å²) in [6.45, 7) is 16.3. The molecule has 0 saturated heterocycles. The summed E-state index contributed by atoms with van der Waals surface area (Å²) < 4.78 is 15.9. The Bertz CT molecular complexity index is 1040. The molecule has 9 nitrogen and oxygen atoms in total. The van der Waals surface area contributed by atoms with Crippen LogP contribution >= 0.6 is 0 Å². The molecule has 244 valence electrons. The average Bonchev–Trinajstić information content (AvgIpc) is 3.28. The van der Waals surface area contributed by atoms with Gasteiger partial charge in [0.1, 0.15) is 12.2 Å². The zero-order valence-electron chi connectivity index (χ0n) is 27.4. The molecule has 0 spiro atoms. The highest BCUT2D eigenvalue weighted by atomic mass is 16.6. The number of esters is 1. The van der Waals surface area contributed by atoms with Gasteiger partial charge in [-0.3, -0.25) is 4.79 Å². The summed E-state index contributed by atoms with van der Waals surface area (Å²) in [5.74, 6) is 1.24. The summed E-state index contributed by atoms with van der Waals surface area (Å²) >= 11 is 0. The number of ether oxygens (including phenoxy) is 3. The van der Waals surface area contributed by atoms with Crippen LogP contribution in [0.1, 0.15) is 99.3 Å². The van der Waals surface area contributed by atoms with Crippen LogP contribution < -0.4 is 10.6 Å². The van der Waals surface area contributed by atoms with Gasteiger partial charge in [-0.1, -0.05) is 33.4 Å². The van der Waals surface area contributed by atoms with Crippen molar-refractivity contribution in [3.63, 3.8) is 0 Å². The number of nitrogens with one attached hydrogen (secondary N) is 2. The van der Waals surface area contributed by atoms with Crippen molar-refractivity contribution in [3.05, 3.63) is 12.7 Å². The molecule has 4 saturated carbocycles. The van der Waals surface area contributed by atoms with Gasteiger partial charge in [-0.25, -0.2) is 9.59 Å². The van der Waals surface area contributed by atoms with Gasteiger partial charge in [0.25, 0.3) is 0 Å². The van der Waals surface area contributed by atoms with Gasteiger partial charge in [-0.05, 0) is 118 Å². The molecule has 0 aromatic carbocycles. The molecular formula is C34H56N2O7. The van der Waals surface area contributed by atoms with Gasteiger partial charge >= 0.3 is 18.2 Å². The van der Waals surface area contributed by atoms with Gasteiger partial charge in [-0.15, -0.1) is 0 Å². The number of rotatable bonds is 8. The number of amides is 2. The minimum Gasteiger partial charge on any atom is -0.469 e. The molecule has 4 rings (SSSR count). The molecule has 0 radical (unpaired) electrons. The van der Waals surface area contributed by atoms with Crippen LogP contribution in [0.25, 0.3) is 0 Å². The number of carbonyl (C=O) groups is 3. The van der Waals surface area contributed by atoms with Crippen LogP contribution in [0.4, 0.5) is 9.59 Å². The maximum atomic E-state index is 13.3. The van der Waals surface area contributed by atoms with E-state index in [1.807, 2.05) is 20.8 Å². The second-order valence-electron chi connectivity index (χ2n) is 15.4. The summed E-state index contributed by atoms with van der Waals surface area (Å²) in [6, 6.07) is -0.107. The van der Waals surface area contributed by atoms with Crippen molar-refractivity contribution in [2.24, 2.45) is 46.3 Å². The van der Waals surface area contributed by atoms with Gasteiger partial charge in [0, 0.05) is 18.5 Å². The van der Waals surface area contributed by atoms with E-state index in [4.69, 9.17) is 14.2 Å². The van der Waals surface area contributed by atoms with Crippen LogP contribution in [0, 0.1) is 46.3 Å². The summed E-state index contributed by atoms with van der Waals surface area (Å²) in [5.41, 5.74) is -0.872. The highest BCUT2D eigenvalue weighted by molar-refractivity contribution is 5.69. The molecule has 4 aliphatic carbocycles. The third-order valence-electron chi connectivity index (χ3n) is 12.0. The fourth-order valence-corrected chi connectivity index (χ4v) is 9.98. The molecule has 0 aliphatic heterocycles. The molecular weight excluding hydrogens is 548 g/mol. The summed E-state index contributed by atoms with van der Waals surface area (Å²) in [6.07, 6.45) is 7.52. The quantitative estimate of drug-likeness (QED) is 0.177. The zero-order valence-corrected chi connectivity index (χ0v) is 27.4. The molecule has 11 atom stereocenters. The SMILES string of the molecule is C=CCOC(=O)N[C@@H]1CC[C@@]2(C)[C@@H](C1)C[C@@H](O)[C@@H]1[C@@H]2C[C@H](NC(=O)OC(C)(C)C)[C@]2(C)[C@@H]([C@H](C)CCC(=O)OC)CC[C@@H]12. The van der Waals surface area contributed by atoms with E-state index in [2.05, 4.69) is 38.0 Å². The first-order chi connectivity index (χ1) is 20.1. The normalized spacial score (nSPS) is 39.3. The third-order valence-corrected chi connectivity index (χ3v) is 12.0. The standard InChI is InChI=1S/C34H56N2O7/c1-9-16-42-30(39)35-22-14-15-33(6)21(17-22)18-26(37)29-24-12-11-23(20(2)10-13-28(38)41-8)34(24,7)27(19-25(29)33)36-31(40)43-32(3,4)5/h9,20-27,29,37H,1,10-19H2,2-8H3,(H,35,39)(H,36,40)/t20-,21+,22-,23-,24+,25+,26-,27+,29+,33+,34-/m1/s1. The first kappa shape index (κ1) is 33.6. The van der Waals surface area contributed by atoms with Gasteiger partial charge in [0.15, 0.2) is 0 Å². The van der Waals surface area contributed by atoms with E-state index in [1.54, 1.807) is 6.08 Å². The number of hydrogen-bond donors (Lipinski definition) is 3. The molecule has 4 aliphatic rings. The Morgan fingerprint density at radius 1 is 1.05 bits per heavy atom. The van der Waals surface area contributed by atoms with Gasteiger partial charge in [0.2, 0.25) is 0 Å². The van der Waals surface area contributed by atoms with Gasteiger partial charge < -0.3 is 30.0 Å². The van der Waals surface area contributed by atoms with E-state index in [1.165, 1.54) is 7.11 Å². The Kier molecular flexibility index (Phi) is 10.1. The number of carbonyl (C=O) groups excluding carboxylic acids is 3. The second-order valence-corrected chi connectivity index (χ2v) is 15.4. The predicted molar refractivity (Wildman–Crippen MR) is 164 cm³/mol. The lowest BCUT2D eigenvalue weighted by Gasteiger charge is -2.64. The molecule has 9 heteroatoms. The maximum Gasteiger partial charge on any atom is 0.407 e. The first-order valence-electron chi connectivity index (χ1n) is 16.4. The lowest BCUT2D eigenvalue weighted by molar-refractivity contribution is -0.175. The summed E-state index contributed by atoms with van der Waals surface area (Å²) in [5, 5.41) is 18.2. The molecule has 0 aromatic rings. The van der Waals surface area contributed by atoms with Crippen molar-refractivity contribution in [3.8, 4) is 0 Å². The number of hydrogen-bond acceptors (Lipinski definition) is 7. The largest absolute Gasteiger partial charge is 0.469 e. The Morgan fingerprint density at radius 2 is 1.77 bits per heavy atom. The Labute approximate surface area is 258 Å². The van der Waals surface area contributed by atoms with Crippen molar-refractivity contribution in [1.29, 1.82) is 0 Å². The van der Waals surface area contributed by atoms with Crippen LogP contribution in [-0.2, 0) is 19.0 Å². The van der Waals surface area contributed by atoms with Crippen LogP contribution in [0.2, 0.25) is 0 Å². The molecule has 43 heavy (non-hydrogen) atoms. The number of aliphatic hydroxyl groups is 1. The predicted octanol–water partition coefficient (Wildman–Crippen LogP) is 5.99. The number of alkyl carbamates (subject to hydrolysis) is 2. The smallest absolute Gasteiger partial charge is 0.407 e. The fraction of sp³-hybridized carbons (Fsp3) is 0.853. The summed E-state index contributed by atoms with van der Waals surface area (Å²) in [7, 11) is 1.43. The van der Waals surface area contributed by atoms with Crippen LogP contribution in [-0.4, -0.2) is 60.8 Å². The van der Waals surface area contributed by atoms with Crippen LogP contribution in [0.5, 0.6) is 0 Å². The van der Waals surface area contributed by atoms with E-state index < -0.39 is 23.9 Å². The lowest BCUT2D eigenvalue weighted by atomic mass is 9.42. The van der Waals surface area contributed by atoms with E-state index >= 15 is 0 Å². The minimum atomic E-state index is -0.610. The Hall–Kier alpha value is -2.29. The zero-order chi connectivity index (χ0) is 31.7. The summed E-state index contributed by atoms with van der Waals surface area (Å²) in [4.78, 5) is 37.6. The molecule has 0 bridgehead atoms. The van der Waals surface area contributed by atoms with Crippen molar-refractivity contribution in [2.45, 2.75) is 123 Å². The highest BCUT2D eigenvalue weighted by Gasteiger charge is 2.66. The van der Waals surface area contributed by atoms with E-state index in [0.717, 1.165) is 51.4 Å². The van der Waals surface area contributed by atoms with E-state index in [9.17, 15) is 19.5 Å². The molecule has 3 N–H and O–H groups in total. The Morgan fingerprint density at radius 3 is 2.42 bits per heavy atom. The molecule has 4 fully saturated rings. The molecule has 2 amide bonds. The van der Waals surface area contributed by atoms with Gasteiger partial charge in [0.05, 0.1) is 13.2 Å². The number of aliphatic hydroxyl groups excluding tert-OH is 1. The first-order valence-corrected chi connectivity index (χ1v) is 16.4. The van der Waals surface area contributed by atoms with Crippen LogP contribution in [0.15, 0.2) is 12.7 Å². The van der Waals surface area contributed by atoms with Crippen molar-refractivity contribution in [1.82, 2.24) is 10.6 Å². The van der Waals surface area contributed by atoms with Crippen molar-refractivity contribution < 1.29 is 33.7 Å². The highest BCUT2D eigenvalue weighted by Crippen LogP contribution is 2.68. The maximum absolute atomic E-state index is 13.3. The number of fused-ring (bicyclic) bond motifs is 5. The minimum absolute atomic E-state index is 0.00945. The fourth-order valence-electron chi connectivity index (χ4n) is 9.98. The topological polar surface area (TPSA) is 123 Å². The monoisotopic (exact) mass is 604 g/mol. The van der Waals surface area contributed by atoms with Crippen LogP contribution in [0.3, 0.4) is 0 Å². The molecule has 0 heterocycles. The van der Waals surface area contributed by atoms with E-state index in [0.29, 0.717) is 12.3 Å².